The third-order valence-corrected chi connectivity index (χ3v) is 8.55. The third kappa shape index (κ3) is 9.26. The third-order valence-electron chi connectivity index (χ3n) is 8.55. The average Bonchev–Trinajstić information content (AvgIpc) is 3.07. The Kier molecular flexibility index (Phi) is 11.2. The maximum Gasteiger partial charge on any atom is 0.269 e. The highest BCUT2D eigenvalue weighted by molar-refractivity contribution is 5.52. The minimum Gasteiger partial charge on any atom is -0.491 e. The van der Waals surface area contributed by atoms with E-state index in [1.54, 1.807) is 48.5 Å². The van der Waals surface area contributed by atoms with Crippen LogP contribution in [-0.4, -0.2) is 111 Å². The van der Waals surface area contributed by atoms with Gasteiger partial charge >= 0.3 is 0 Å². The highest BCUT2D eigenvalue weighted by atomic mass is 16.6. The number of aliphatic hydroxyl groups is 2. The van der Waals surface area contributed by atoms with E-state index in [1.807, 2.05) is 0 Å². The van der Waals surface area contributed by atoms with Gasteiger partial charge in [-0.25, -0.2) is 0 Å². The molecule has 2 atom stereocenters. The molecule has 3 aromatic carbocycles. The molecule has 2 fully saturated rings. The number of nitrogens with one attached hydrogen (secondary N) is 2. The van der Waals surface area contributed by atoms with Crippen molar-refractivity contribution in [1.29, 1.82) is 0 Å². The Balaban J connectivity index is 0.950. The number of nitro groups is 2. The molecule has 2 heterocycles. The average molecular weight is 639 g/mol. The SMILES string of the molecule is O=[N+]([O-])c1ccc(N2CC[NH+](C[C@H](O)COc3ccc(OC[C@H](O)C[NH+]4CCN(c5ccc([N+](=O)[O-])cc5)CC4)cc3)CC2)cc1. The summed E-state index contributed by atoms with van der Waals surface area (Å²) in [5, 5.41) is 42.9. The van der Waals surface area contributed by atoms with E-state index in [4.69, 9.17) is 9.47 Å². The molecule has 5 rings (SSSR count). The van der Waals surface area contributed by atoms with E-state index < -0.39 is 22.1 Å². The summed E-state index contributed by atoms with van der Waals surface area (Å²) in [7, 11) is 0. The number of ether oxygens (including phenoxy) is 2. The second-order valence-corrected chi connectivity index (χ2v) is 11.8. The van der Waals surface area contributed by atoms with Gasteiger partial charge in [0.05, 0.1) is 62.2 Å². The maximum atomic E-state index is 10.9. The first kappa shape index (κ1) is 32.9. The maximum absolute atomic E-state index is 10.9. The van der Waals surface area contributed by atoms with Crippen LogP contribution in [0.4, 0.5) is 22.7 Å². The van der Waals surface area contributed by atoms with Crippen molar-refractivity contribution < 1.29 is 39.3 Å². The van der Waals surface area contributed by atoms with Crippen LogP contribution < -0.4 is 29.1 Å². The van der Waals surface area contributed by atoms with Crippen molar-refractivity contribution in [3.05, 3.63) is 93.0 Å². The molecule has 246 valence electrons. The number of hydrogen-bond donors (Lipinski definition) is 4. The summed E-state index contributed by atoms with van der Waals surface area (Å²) in [4.78, 5) is 27.9. The number of anilines is 2. The lowest BCUT2D eigenvalue weighted by molar-refractivity contribution is -0.903. The van der Waals surface area contributed by atoms with E-state index in [0.717, 1.165) is 63.7 Å². The Bertz CT molecular complexity index is 1300. The van der Waals surface area contributed by atoms with E-state index in [0.29, 0.717) is 24.6 Å². The first-order valence-electron chi connectivity index (χ1n) is 15.6. The van der Waals surface area contributed by atoms with Gasteiger partial charge in [-0.2, -0.15) is 0 Å². The molecule has 2 aliphatic heterocycles. The molecule has 0 aliphatic carbocycles. The molecule has 0 unspecified atom stereocenters. The second-order valence-electron chi connectivity index (χ2n) is 11.8. The Morgan fingerprint density at radius 1 is 0.609 bits per heavy atom. The molecule has 0 amide bonds. The topological polar surface area (TPSA) is 161 Å². The summed E-state index contributed by atoms with van der Waals surface area (Å²) >= 11 is 0. The van der Waals surface area contributed by atoms with Crippen molar-refractivity contribution in [2.45, 2.75) is 12.2 Å². The van der Waals surface area contributed by atoms with Crippen molar-refractivity contribution >= 4 is 22.7 Å². The van der Waals surface area contributed by atoms with Gasteiger partial charge in [-0.05, 0) is 48.5 Å². The molecule has 14 heteroatoms. The van der Waals surface area contributed by atoms with Gasteiger partial charge in [0.15, 0.2) is 0 Å². The van der Waals surface area contributed by atoms with Gasteiger partial charge in [0, 0.05) is 35.6 Å². The van der Waals surface area contributed by atoms with Crippen LogP contribution in [0, 0.1) is 20.2 Å². The first-order chi connectivity index (χ1) is 22.2. The van der Waals surface area contributed by atoms with Gasteiger partial charge in [-0.15, -0.1) is 0 Å². The van der Waals surface area contributed by atoms with E-state index >= 15 is 0 Å². The lowest BCUT2D eigenvalue weighted by atomic mass is 10.2. The fourth-order valence-corrected chi connectivity index (χ4v) is 5.94. The fraction of sp³-hybridized carbons (Fsp3) is 0.438. The van der Waals surface area contributed by atoms with Gasteiger partial charge in [0.1, 0.15) is 50.0 Å². The van der Waals surface area contributed by atoms with Crippen molar-refractivity contribution in [2.75, 3.05) is 88.5 Å². The molecule has 0 spiro atoms. The minimum atomic E-state index is -0.620. The van der Waals surface area contributed by atoms with Crippen LogP contribution >= 0.6 is 0 Å². The Morgan fingerprint density at radius 3 is 1.24 bits per heavy atom. The van der Waals surface area contributed by atoms with Crippen LogP contribution in [0.5, 0.6) is 11.5 Å². The van der Waals surface area contributed by atoms with Gasteiger partial charge in [-0.1, -0.05) is 0 Å². The van der Waals surface area contributed by atoms with Crippen LogP contribution in [0.15, 0.2) is 72.8 Å². The normalized spacial score (nSPS) is 17.3. The number of benzene rings is 3. The summed E-state index contributed by atoms with van der Waals surface area (Å²) in [6, 6.07) is 20.4. The molecule has 0 saturated carbocycles. The molecule has 0 bridgehead atoms. The van der Waals surface area contributed by atoms with Gasteiger partial charge in [-0.3, -0.25) is 20.2 Å². The monoisotopic (exact) mass is 638 g/mol. The number of quaternary nitrogens is 2. The number of nitro benzene ring substituents is 2. The number of aliphatic hydroxyl groups excluding tert-OH is 2. The van der Waals surface area contributed by atoms with Gasteiger partial charge in [0.2, 0.25) is 0 Å². The molecule has 0 aromatic heterocycles. The van der Waals surface area contributed by atoms with Crippen LogP contribution in [0.3, 0.4) is 0 Å². The van der Waals surface area contributed by atoms with Crippen LogP contribution in [0.1, 0.15) is 0 Å². The largest absolute Gasteiger partial charge is 0.491 e. The number of non-ortho nitro benzene ring substituents is 2. The van der Waals surface area contributed by atoms with E-state index in [1.165, 1.54) is 34.1 Å². The standard InChI is InChI=1S/C32H40N6O8/c39-29(21-33-13-17-35(18-14-33)25-1-5-27(6-2-25)37(41)42)23-45-31-9-11-32(12-10-31)46-24-30(40)22-34-15-19-36(20-16-34)26-3-7-28(8-4-26)38(43)44/h1-12,29-30,39-40H,13-24H2/p+2/t29-,30+. The fourth-order valence-electron chi connectivity index (χ4n) is 5.94. The summed E-state index contributed by atoms with van der Waals surface area (Å²) < 4.78 is 11.6. The number of piperazine rings is 2. The zero-order valence-corrected chi connectivity index (χ0v) is 25.7. The zero-order valence-electron chi connectivity index (χ0n) is 25.7. The van der Waals surface area contributed by atoms with Gasteiger partial charge in [0.25, 0.3) is 11.4 Å². The molecule has 3 aromatic rings. The molecule has 14 nitrogen and oxygen atoms in total. The lowest BCUT2D eigenvalue weighted by Crippen LogP contribution is -3.16. The van der Waals surface area contributed by atoms with Gasteiger partial charge < -0.3 is 39.3 Å². The summed E-state index contributed by atoms with van der Waals surface area (Å²) in [5.41, 5.74) is 2.10. The van der Waals surface area contributed by atoms with Crippen molar-refractivity contribution in [3.63, 3.8) is 0 Å². The molecule has 46 heavy (non-hydrogen) atoms. The van der Waals surface area contributed by atoms with Crippen molar-refractivity contribution in [3.8, 4) is 11.5 Å². The van der Waals surface area contributed by atoms with Crippen LogP contribution in [0.25, 0.3) is 0 Å². The second kappa shape index (κ2) is 15.7. The number of nitrogens with zero attached hydrogens (tertiary/aromatic N) is 4. The Hall–Kier alpha value is -4.50. The first-order valence-corrected chi connectivity index (χ1v) is 15.6. The quantitative estimate of drug-likeness (QED) is 0.138. The molecule has 0 radical (unpaired) electrons. The highest BCUT2D eigenvalue weighted by Gasteiger charge is 2.25. The van der Waals surface area contributed by atoms with E-state index in [-0.39, 0.29) is 24.6 Å². The number of hydrogen-bond acceptors (Lipinski definition) is 10. The Morgan fingerprint density at radius 2 is 0.935 bits per heavy atom. The minimum absolute atomic E-state index is 0.0833. The Labute approximate surface area is 267 Å². The van der Waals surface area contributed by atoms with E-state index in [2.05, 4.69) is 9.80 Å². The zero-order chi connectivity index (χ0) is 32.5. The summed E-state index contributed by atoms with van der Waals surface area (Å²) in [5.74, 6) is 1.25. The lowest BCUT2D eigenvalue weighted by Gasteiger charge is -2.34. The summed E-state index contributed by atoms with van der Waals surface area (Å²) in [6.45, 7) is 8.12. The van der Waals surface area contributed by atoms with Crippen LogP contribution in [0.2, 0.25) is 0 Å². The molecule has 2 aliphatic rings. The predicted octanol–water partition coefficient (Wildman–Crippen LogP) is -0.207. The highest BCUT2D eigenvalue weighted by Crippen LogP contribution is 2.21. The molecular formula is C32H42N6O8+2. The van der Waals surface area contributed by atoms with Crippen molar-refractivity contribution in [1.82, 2.24) is 0 Å². The molecule has 4 N–H and O–H groups in total. The molecular weight excluding hydrogens is 596 g/mol. The summed E-state index contributed by atoms with van der Waals surface area (Å²) in [6.07, 6.45) is -1.24. The smallest absolute Gasteiger partial charge is 0.269 e. The van der Waals surface area contributed by atoms with Crippen molar-refractivity contribution in [2.24, 2.45) is 0 Å². The number of rotatable bonds is 14. The van der Waals surface area contributed by atoms with Crippen LogP contribution in [-0.2, 0) is 0 Å². The molecule has 2 saturated heterocycles. The predicted molar refractivity (Wildman–Crippen MR) is 171 cm³/mol. The van der Waals surface area contributed by atoms with E-state index in [9.17, 15) is 30.4 Å².